The van der Waals surface area contributed by atoms with Crippen molar-refractivity contribution in [3.8, 4) is 0 Å². The number of hydrogen-bond acceptors (Lipinski definition) is 4. The van der Waals surface area contributed by atoms with E-state index in [2.05, 4.69) is 11.7 Å². The summed E-state index contributed by atoms with van der Waals surface area (Å²) in [6, 6.07) is 0. The zero-order chi connectivity index (χ0) is 11.5. The molecule has 0 fully saturated rings. The second-order valence-electron chi connectivity index (χ2n) is 3.42. The van der Waals surface area contributed by atoms with Crippen LogP contribution in [0.2, 0.25) is 0 Å². The Morgan fingerprint density at radius 3 is 3.00 bits per heavy atom. The van der Waals surface area contributed by atoms with Crippen LogP contribution in [0.3, 0.4) is 0 Å². The minimum Gasteiger partial charge on any atom is -0.492 e. The van der Waals surface area contributed by atoms with Gasteiger partial charge < -0.3 is 14.7 Å². The summed E-state index contributed by atoms with van der Waals surface area (Å²) >= 11 is 0. The van der Waals surface area contributed by atoms with E-state index >= 15 is 0 Å². The van der Waals surface area contributed by atoms with Crippen molar-refractivity contribution >= 4 is 5.71 Å². The molecule has 1 aliphatic rings. The molecule has 0 saturated carbocycles. The average molecular weight is 211 g/mol. The maximum absolute atomic E-state index is 10.0. The van der Waals surface area contributed by atoms with E-state index in [-0.39, 0.29) is 12.2 Å². The third-order valence-corrected chi connectivity index (χ3v) is 2.36. The summed E-state index contributed by atoms with van der Waals surface area (Å²) in [5.41, 5.74) is 1.70. The van der Waals surface area contributed by atoms with Crippen LogP contribution in [0.25, 0.3) is 0 Å². The van der Waals surface area contributed by atoms with Gasteiger partial charge in [0.15, 0.2) is 5.76 Å². The maximum atomic E-state index is 10.0. The van der Waals surface area contributed by atoms with Crippen LogP contribution in [-0.4, -0.2) is 23.2 Å². The van der Waals surface area contributed by atoms with Gasteiger partial charge in [-0.1, -0.05) is 17.8 Å². The van der Waals surface area contributed by atoms with E-state index in [4.69, 9.17) is 9.57 Å². The third-order valence-electron chi connectivity index (χ3n) is 2.36. The fraction of sp³-hybridized carbons (Fsp3) is 0.545. The topological polar surface area (TPSA) is 51.0 Å². The maximum Gasteiger partial charge on any atom is 0.297 e. The molecule has 0 spiro atoms. The zero-order valence-electron chi connectivity index (χ0n) is 9.41. The number of ether oxygens (including phenoxy) is 1. The van der Waals surface area contributed by atoms with Crippen molar-refractivity contribution in [3.05, 3.63) is 24.0 Å². The predicted molar refractivity (Wildman–Crippen MR) is 58.3 cm³/mol. The van der Waals surface area contributed by atoms with Crippen LogP contribution in [0.1, 0.15) is 27.2 Å². The Balaban J connectivity index is 2.69. The molecule has 0 aromatic rings. The summed E-state index contributed by atoms with van der Waals surface area (Å²) in [7, 11) is 0. The second-order valence-corrected chi connectivity index (χ2v) is 3.42. The van der Waals surface area contributed by atoms with Crippen molar-refractivity contribution < 1.29 is 14.7 Å². The van der Waals surface area contributed by atoms with Crippen LogP contribution >= 0.6 is 0 Å². The number of aliphatic hydroxyl groups is 1. The highest BCUT2D eigenvalue weighted by Gasteiger charge is 2.41. The van der Waals surface area contributed by atoms with Crippen LogP contribution < -0.4 is 0 Å². The standard InChI is InChI=1S/C11H17NO3/c1-5-8(3)10-7-11(13,15-12-10)9(4)14-6-2/h5,13H,4,6-7H2,1-3H3/b8-5+. The zero-order valence-corrected chi connectivity index (χ0v) is 9.41. The molecule has 1 atom stereocenters. The Morgan fingerprint density at radius 2 is 2.47 bits per heavy atom. The van der Waals surface area contributed by atoms with E-state index in [0.717, 1.165) is 11.3 Å². The van der Waals surface area contributed by atoms with Crippen LogP contribution in [0, 0.1) is 0 Å². The third kappa shape index (κ3) is 2.39. The quantitative estimate of drug-likeness (QED) is 0.723. The Labute approximate surface area is 89.9 Å². The van der Waals surface area contributed by atoms with Crippen molar-refractivity contribution in [2.45, 2.75) is 33.0 Å². The fourth-order valence-electron chi connectivity index (χ4n) is 1.24. The van der Waals surface area contributed by atoms with E-state index in [9.17, 15) is 5.11 Å². The summed E-state index contributed by atoms with van der Waals surface area (Å²) < 4.78 is 5.13. The highest BCUT2D eigenvalue weighted by molar-refractivity contribution is 6.00. The first-order valence-electron chi connectivity index (χ1n) is 4.96. The van der Waals surface area contributed by atoms with Crippen molar-refractivity contribution in [3.63, 3.8) is 0 Å². The highest BCUT2D eigenvalue weighted by atomic mass is 16.7. The van der Waals surface area contributed by atoms with E-state index in [0.29, 0.717) is 6.61 Å². The Hall–Kier alpha value is -1.29. The van der Waals surface area contributed by atoms with Gasteiger partial charge in [0, 0.05) is 0 Å². The van der Waals surface area contributed by atoms with E-state index in [1.165, 1.54) is 0 Å². The normalized spacial score (nSPS) is 25.9. The van der Waals surface area contributed by atoms with Crippen LogP contribution in [0.5, 0.6) is 0 Å². The fourth-order valence-corrected chi connectivity index (χ4v) is 1.24. The van der Waals surface area contributed by atoms with Gasteiger partial charge in [-0.3, -0.25) is 0 Å². The molecule has 0 saturated heterocycles. The number of nitrogens with zero attached hydrogens (tertiary/aromatic N) is 1. The molecule has 1 unspecified atom stereocenters. The average Bonchev–Trinajstić information content (AvgIpc) is 2.62. The Morgan fingerprint density at radius 1 is 1.80 bits per heavy atom. The summed E-state index contributed by atoms with van der Waals surface area (Å²) in [6.07, 6.45) is 2.19. The van der Waals surface area contributed by atoms with Crippen LogP contribution in [-0.2, 0) is 9.57 Å². The molecule has 0 amide bonds. The van der Waals surface area contributed by atoms with Gasteiger partial charge in [-0.05, 0) is 26.3 Å². The molecule has 1 N–H and O–H groups in total. The lowest BCUT2D eigenvalue weighted by molar-refractivity contribution is -0.181. The second kappa shape index (κ2) is 4.49. The first-order chi connectivity index (χ1) is 7.03. The predicted octanol–water partition coefficient (Wildman–Crippen LogP) is 1.97. The number of allylic oxidation sites excluding steroid dienone is 2. The van der Waals surface area contributed by atoms with Crippen molar-refractivity contribution in [1.82, 2.24) is 0 Å². The molecule has 0 aromatic carbocycles. The van der Waals surface area contributed by atoms with Gasteiger partial charge in [0.25, 0.3) is 5.79 Å². The molecule has 0 bridgehead atoms. The SMILES string of the molecule is C=C(OCC)C1(O)CC(/C(C)=C/C)=NO1. The van der Waals surface area contributed by atoms with Gasteiger partial charge in [0.05, 0.1) is 18.7 Å². The van der Waals surface area contributed by atoms with Gasteiger partial charge >= 0.3 is 0 Å². The number of rotatable bonds is 4. The number of hydrogen-bond donors (Lipinski definition) is 1. The Bertz CT molecular complexity index is 320. The van der Waals surface area contributed by atoms with Crippen molar-refractivity contribution in [2.75, 3.05) is 6.61 Å². The highest BCUT2D eigenvalue weighted by Crippen LogP contribution is 2.30. The smallest absolute Gasteiger partial charge is 0.297 e. The lowest BCUT2D eigenvalue weighted by atomic mass is 10.0. The lowest BCUT2D eigenvalue weighted by Gasteiger charge is -2.21. The molecular formula is C11H17NO3. The molecule has 84 valence electrons. The molecule has 1 rings (SSSR count). The Kier molecular flexibility index (Phi) is 3.52. The molecule has 4 nitrogen and oxygen atoms in total. The molecule has 1 heterocycles. The minimum atomic E-state index is -1.50. The van der Waals surface area contributed by atoms with E-state index in [1.807, 2.05) is 26.8 Å². The monoisotopic (exact) mass is 211 g/mol. The van der Waals surface area contributed by atoms with E-state index in [1.54, 1.807) is 0 Å². The summed E-state index contributed by atoms with van der Waals surface area (Å²) in [5.74, 6) is -1.30. The van der Waals surface area contributed by atoms with Gasteiger partial charge in [0.1, 0.15) is 0 Å². The van der Waals surface area contributed by atoms with Crippen LogP contribution in [0.15, 0.2) is 29.1 Å². The number of oxime groups is 1. The van der Waals surface area contributed by atoms with Gasteiger partial charge in [-0.2, -0.15) is 0 Å². The van der Waals surface area contributed by atoms with Crippen LogP contribution in [0.4, 0.5) is 0 Å². The molecule has 0 radical (unpaired) electrons. The molecule has 15 heavy (non-hydrogen) atoms. The largest absolute Gasteiger partial charge is 0.492 e. The van der Waals surface area contributed by atoms with Crippen molar-refractivity contribution in [2.24, 2.45) is 5.16 Å². The minimum absolute atomic E-state index is 0.202. The first-order valence-corrected chi connectivity index (χ1v) is 4.96. The van der Waals surface area contributed by atoms with Gasteiger partial charge in [0.2, 0.25) is 0 Å². The summed E-state index contributed by atoms with van der Waals surface area (Å²) in [5, 5.41) is 13.8. The summed E-state index contributed by atoms with van der Waals surface area (Å²) in [4.78, 5) is 4.97. The molecule has 1 aliphatic heterocycles. The van der Waals surface area contributed by atoms with Gasteiger partial charge in [-0.15, -0.1) is 0 Å². The molecule has 0 aromatic heterocycles. The van der Waals surface area contributed by atoms with Gasteiger partial charge in [-0.25, -0.2) is 0 Å². The van der Waals surface area contributed by atoms with Crippen molar-refractivity contribution in [1.29, 1.82) is 0 Å². The molecule has 0 aliphatic carbocycles. The molecule has 4 heteroatoms. The molecular weight excluding hydrogens is 194 g/mol. The van der Waals surface area contributed by atoms with E-state index < -0.39 is 5.79 Å². The first kappa shape index (κ1) is 11.8. The lowest BCUT2D eigenvalue weighted by Crippen LogP contribution is -2.32. The summed E-state index contributed by atoms with van der Waals surface area (Å²) in [6.45, 7) is 9.72.